The Morgan fingerprint density at radius 1 is 1.35 bits per heavy atom. The molecule has 0 amide bonds. The lowest BCUT2D eigenvalue weighted by molar-refractivity contribution is -0.317. The van der Waals surface area contributed by atoms with Crippen LogP contribution in [0.25, 0.3) is 0 Å². The molecule has 0 aliphatic carbocycles. The molecule has 0 bridgehead atoms. The van der Waals surface area contributed by atoms with Crippen molar-refractivity contribution in [2.24, 2.45) is 0 Å². The van der Waals surface area contributed by atoms with E-state index < -0.39 is 5.60 Å². The number of rotatable bonds is 5. The lowest BCUT2D eigenvalue weighted by atomic mass is 10.0. The Morgan fingerprint density at radius 3 is 2.47 bits per heavy atom. The molecule has 0 radical (unpaired) electrons. The summed E-state index contributed by atoms with van der Waals surface area (Å²) in [5.74, 6) is -0.369. The predicted molar refractivity (Wildman–Crippen MR) is 63.7 cm³/mol. The highest BCUT2D eigenvalue weighted by atomic mass is 17.1. The zero-order valence-corrected chi connectivity index (χ0v) is 10.3. The van der Waals surface area contributed by atoms with Gasteiger partial charge in [-0.3, -0.25) is 5.26 Å². The molecule has 0 heterocycles. The number of esters is 1. The van der Waals surface area contributed by atoms with Crippen molar-refractivity contribution >= 4 is 5.97 Å². The smallest absolute Gasteiger partial charge is 0.338 e. The topological polar surface area (TPSA) is 55.8 Å². The number of hydrogen-bond acceptors (Lipinski definition) is 4. The molecule has 0 saturated heterocycles. The molecule has 0 fully saturated rings. The van der Waals surface area contributed by atoms with Gasteiger partial charge in [-0.15, -0.1) is 0 Å². The molecule has 1 unspecified atom stereocenters. The Bertz CT molecular complexity index is 359. The van der Waals surface area contributed by atoms with E-state index in [1.54, 1.807) is 45.0 Å². The number of benzene rings is 1. The van der Waals surface area contributed by atoms with Crippen LogP contribution in [-0.4, -0.2) is 22.9 Å². The first-order chi connectivity index (χ1) is 7.94. The summed E-state index contributed by atoms with van der Waals surface area (Å²) in [4.78, 5) is 16.0. The van der Waals surface area contributed by atoms with Crippen LogP contribution in [0.1, 0.15) is 37.6 Å². The van der Waals surface area contributed by atoms with E-state index in [9.17, 15) is 4.79 Å². The monoisotopic (exact) mass is 238 g/mol. The van der Waals surface area contributed by atoms with Crippen molar-refractivity contribution in [1.82, 2.24) is 0 Å². The Kier molecular flexibility index (Phi) is 4.66. The fraction of sp³-hybridized carbons (Fsp3) is 0.462. The van der Waals surface area contributed by atoms with E-state index in [2.05, 4.69) is 4.89 Å². The van der Waals surface area contributed by atoms with Crippen LogP contribution in [-0.2, 0) is 9.62 Å². The second kappa shape index (κ2) is 5.80. The van der Waals surface area contributed by atoms with Crippen LogP contribution in [0.3, 0.4) is 0 Å². The molecule has 1 N–H and O–H groups in total. The van der Waals surface area contributed by atoms with Crippen LogP contribution >= 0.6 is 0 Å². The Morgan fingerprint density at radius 2 is 1.94 bits per heavy atom. The summed E-state index contributed by atoms with van der Waals surface area (Å²) < 4.78 is 5.24. The van der Waals surface area contributed by atoms with E-state index in [1.807, 2.05) is 6.07 Å². The SMILES string of the molecule is CC(CC(C)(C)OO)OC(=O)c1ccccc1. The third-order valence-electron chi connectivity index (χ3n) is 2.34. The van der Waals surface area contributed by atoms with Crippen molar-refractivity contribution in [3.63, 3.8) is 0 Å². The number of hydrogen-bond donors (Lipinski definition) is 1. The highest BCUT2D eigenvalue weighted by Gasteiger charge is 2.24. The van der Waals surface area contributed by atoms with Crippen molar-refractivity contribution in [3.8, 4) is 0 Å². The molecule has 94 valence electrons. The fourth-order valence-electron chi connectivity index (χ4n) is 1.60. The molecule has 0 spiro atoms. The first-order valence-corrected chi connectivity index (χ1v) is 5.53. The van der Waals surface area contributed by atoms with E-state index in [0.29, 0.717) is 12.0 Å². The van der Waals surface area contributed by atoms with Crippen molar-refractivity contribution in [1.29, 1.82) is 0 Å². The van der Waals surface area contributed by atoms with Gasteiger partial charge < -0.3 is 4.74 Å². The third-order valence-corrected chi connectivity index (χ3v) is 2.34. The summed E-state index contributed by atoms with van der Waals surface area (Å²) in [6, 6.07) is 8.79. The minimum absolute atomic E-state index is 0.329. The van der Waals surface area contributed by atoms with E-state index >= 15 is 0 Å². The van der Waals surface area contributed by atoms with Crippen molar-refractivity contribution in [2.75, 3.05) is 0 Å². The van der Waals surface area contributed by atoms with Gasteiger partial charge in [-0.25, -0.2) is 9.68 Å². The van der Waals surface area contributed by atoms with Crippen LogP contribution in [0.2, 0.25) is 0 Å². The van der Waals surface area contributed by atoms with Crippen LogP contribution < -0.4 is 0 Å². The van der Waals surface area contributed by atoms with Gasteiger partial charge in [0.15, 0.2) is 0 Å². The fourth-order valence-corrected chi connectivity index (χ4v) is 1.60. The van der Waals surface area contributed by atoms with Crippen LogP contribution in [0.5, 0.6) is 0 Å². The zero-order chi connectivity index (χ0) is 12.9. The molecule has 1 rings (SSSR count). The number of carbonyl (C=O) groups is 1. The highest BCUT2D eigenvalue weighted by molar-refractivity contribution is 5.89. The third kappa shape index (κ3) is 4.54. The summed E-state index contributed by atoms with van der Waals surface area (Å²) in [5.41, 5.74) is -0.210. The summed E-state index contributed by atoms with van der Waals surface area (Å²) in [6.45, 7) is 5.21. The Balaban J connectivity index is 2.52. The van der Waals surface area contributed by atoms with Crippen molar-refractivity contribution in [3.05, 3.63) is 35.9 Å². The normalized spacial score (nSPS) is 13.2. The maximum atomic E-state index is 11.7. The van der Waals surface area contributed by atoms with Gasteiger partial charge in [0, 0.05) is 6.42 Å². The van der Waals surface area contributed by atoms with Gasteiger partial charge in [0.1, 0.15) is 11.7 Å². The Labute approximate surface area is 101 Å². The second-order valence-corrected chi connectivity index (χ2v) is 4.64. The number of ether oxygens (including phenoxy) is 1. The largest absolute Gasteiger partial charge is 0.459 e. The standard InChI is InChI=1S/C13H18O4/c1-10(9-13(2,3)17-15)16-12(14)11-7-5-4-6-8-11/h4-8,10,15H,9H2,1-3H3. The summed E-state index contributed by atoms with van der Waals surface area (Å²) in [6.07, 6.45) is 0.0899. The predicted octanol–water partition coefficient (Wildman–Crippen LogP) is 2.89. The van der Waals surface area contributed by atoms with Gasteiger partial charge in [-0.2, -0.15) is 0 Å². The van der Waals surface area contributed by atoms with E-state index in [-0.39, 0.29) is 12.1 Å². The Hall–Kier alpha value is -1.39. The quantitative estimate of drug-likeness (QED) is 0.487. The minimum Gasteiger partial charge on any atom is -0.459 e. The molecular formula is C13H18O4. The summed E-state index contributed by atoms with van der Waals surface area (Å²) in [7, 11) is 0. The molecule has 0 aliphatic heterocycles. The first kappa shape index (κ1) is 13.7. The maximum Gasteiger partial charge on any atom is 0.338 e. The molecule has 0 aromatic heterocycles. The summed E-state index contributed by atoms with van der Waals surface area (Å²) >= 11 is 0. The average Bonchev–Trinajstić information content (AvgIpc) is 2.29. The van der Waals surface area contributed by atoms with Gasteiger partial charge in [-0.05, 0) is 32.9 Å². The first-order valence-electron chi connectivity index (χ1n) is 5.53. The molecule has 1 aromatic carbocycles. The molecule has 1 atom stereocenters. The highest BCUT2D eigenvalue weighted by Crippen LogP contribution is 2.18. The van der Waals surface area contributed by atoms with Crippen LogP contribution in [0, 0.1) is 0 Å². The van der Waals surface area contributed by atoms with Crippen LogP contribution in [0.15, 0.2) is 30.3 Å². The second-order valence-electron chi connectivity index (χ2n) is 4.64. The molecule has 4 nitrogen and oxygen atoms in total. The summed E-state index contributed by atoms with van der Waals surface area (Å²) in [5, 5.41) is 8.65. The molecule has 4 heteroatoms. The number of carbonyl (C=O) groups excluding carboxylic acids is 1. The van der Waals surface area contributed by atoms with Gasteiger partial charge in [0.2, 0.25) is 0 Å². The zero-order valence-electron chi connectivity index (χ0n) is 10.3. The molecule has 0 saturated carbocycles. The maximum absolute atomic E-state index is 11.7. The van der Waals surface area contributed by atoms with Gasteiger partial charge >= 0.3 is 5.97 Å². The van der Waals surface area contributed by atoms with E-state index in [1.165, 1.54) is 0 Å². The molecule has 17 heavy (non-hydrogen) atoms. The molecule has 0 aliphatic rings. The lowest BCUT2D eigenvalue weighted by Crippen LogP contribution is -2.30. The molecule has 1 aromatic rings. The van der Waals surface area contributed by atoms with E-state index in [4.69, 9.17) is 9.99 Å². The average molecular weight is 238 g/mol. The van der Waals surface area contributed by atoms with Gasteiger partial charge in [-0.1, -0.05) is 18.2 Å². The minimum atomic E-state index is -0.726. The molecular weight excluding hydrogens is 220 g/mol. The van der Waals surface area contributed by atoms with Crippen LogP contribution in [0.4, 0.5) is 0 Å². The van der Waals surface area contributed by atoms with E-state index in [0.717, 1.165) is 0 Å². The van der Waals surface area contributed by atoms with Crippen molar-refractivity contribution in [2.45, 2.75) is 38.9 Å². The van der Waals surface area contributed by atoms with Crippen molar-refractivity contribution < 1.29 is 19.7 Å². The van der Waals surface area contributed by atoms with Gasteiger partial charge in [0.05, 0.1) is 5.56 Å². The van der Waals surface area contributed by atoms with Gasteiger partial charge in [0.25, 0.3) is 0 Å². The lowest BCUT2D eigenvalue weighted by Gasteiger charge is -2.24.